The van der Waals surface area contributed by atoms with Gasteiger partial charge in [0.2, 0.25) is 10.0 Å². The van der Waals surface area contributed by atoms with Crippen LogP contribution in [0.25, 0.3) is 0 Å². The molecule has 0 spiro atoms. The first-order chi connectivity index (χ1) is 11.4. The molecule has 2 aromatic heterocycles. The van der Waals surface area contributed by atoms with Crippen LogP contribution in [0.4, 0.5) is 0 Å². The minimum absolute atomic E-state index is 0.0197. The molecule has 1 aliphatic heterocycles. The van der Waals surface area contributed by atoms with Crippen LogP contribution in [0.15, 0.2) is 28.7 Å². The van der Waals surface area contributed by atoms with Crippen LogP contribution in [0, 0.1) is 6.92 Å². The molecule has 0 atom stereocenters. The number of sulfonamides is 1. The quantitative estimate of drug-likeness (QED) is 0.819. The molecular weight excluding hydrogens is 348 g/mol. The van der Waals surface area contributed by atoms with Gasteiger partial charge in [0.1, 0.15) is 4.90 Å². The highest BCUT2D eigenvalue weighted by Crippen LogP contribution is 2.20. The van der Waals surface area contributed by atoms with Crippen LogP contribution in [-0.4, -0.2) is 59.5 Å². The monoisotopic (exact) mass is 368 g/mol. The Morgan fingerprint density at radius 1 is 1.25 bits per heavy atom. The van der Waals surface area contributed by atoms with Crippen molar-refractivity contribution in [2.45, 2.75) is 18.2 Å². The molecule has 130 valence electrons. The zero-order valence-electron chi connectivity index (χ0n) is 13.7. The van der Waals surface area contributed by atoms with Gasteiger partial charge in [-0.15, -0.1) is 11.3 Å². The van der Waals surface area contributed by atoms with Crippen molar-refractivity contribution >= 4 is 27.3 Å². The highest BCUT2D eigenvalue weighted by atomic mass is 32.2. The van der Waals surface area contributed by atoms with Gasteiger partial charge in [-0.05, 0) is 30.4 Å². The van der Waals surface area contributed by atoms with Crippen LogP contribution < -0.4 is 0 Å². The average Bonchev–Trinajstić information content (AvgIpc) is 3.08. The topological polar surface area (TPSA) is 75.5 Å². The lowest BCUT2D eigenvalue weighted by Gasteiger charge is -2.21. The third kappa shape index (κ3) is 3.38. The molecule has 3 rings (SSSR count). The highest BCUT2D eigenvalue weighted by Gasteiger charge is 2.29. The van der Waals surface area contributed by atoms with E-state index in [0.29, 0.717) is 37.5 Å². The number of carbonyl (C=O) groups is 1. The molecule has 0 aromatic carbocycles. The van der Waals surface area contributed by atoms with E-state index >= 15 is 0 Å². The SMILES string of the molecule is Cc1csc(C(=O)N2CCCN(S(=O)(=O)c3cnn(C)c3)CC2)c1. The maximum absolute atomic E-state index is 12.7. The van der Waals surface area contributed by atoms with Gasteiger partial charge in [0.25, 0.3) is 5.91 Å². The van der Waals surface area contributed by atoms with Gasteiger partial charge in [0.05, 0.1) is 11.1 Å². The van der Waals surface area contributed by atoms with Crippen LogP contribution in [0.3, 0.4) is 0 Å². The fourth-order valence-electron chi connectivity index (χ4n) is 2.72. The fraction of sp³-hybridized carbons (Fsp3) is 0.467. The number of amides is 1. The molecule has 0 saturated carbocycles. The summed E-state index contributed by atoms with van der Waals surface area (Å²) < 4.78 is 28.3. The number of hydrogen-bond donors (Lipinski definition) is 0. The number of carbonyl (C=O) groups excluding carboxylic acids is 1. The molecule has 0 bridgehead atoms. The summed E-state index contributed by atoms with van der Waals surface area (Å²) >= 11 is 1.43. The van der Waals surface area contributed by atoms with Crippen molar-refractivity contribution in [2.24, 2.45) is 7.05 Å². The maximum Gasteiger partial charge on any atom is 0.263 e. The summed E-state index contributed by atoms with van der Waals surface area (Å²) in [6.07, 6.45) is 3.48. The van der Waals surface area contributed by atoms with E-state index in [-0.39, 0.29) is 10.8 Å². The molecule has 9 heteroatoms. The van der Waals surface area contributed by atoms with Crippen molar-refractivity contribution < 1.29 is 13.2 Å². The van der Waals surface area contributed by atoms with E-state index in [1.807, 2.05) is 18.4 Å². The minimum Gasteiger partial charge on any atom is -0.337 e. The third-order valence-electron chi connectivity index (χ3n) is 4.00. The lowest BCUT2D eigenvalue weighted by atomic mass is 10.3. The average molecular weight is 368 g/mol. The predicted octanol–water partition coefficient (Wildman–Crippen LogP) is 1.33. The second-order valence-electron chi connectivity index (χ2n) is 5.89. The first-order valence-electron chi connectivity index (χ1n) is 7.71. The molecule has 1 fully saturated rings. The minimum atomic E-state index is -3.56. The molecule has 1 saturated heterocycles. The standard InChI is InChI=1S/C15H20N4O3S2/c1-12-8-14(23-11-12)15(20)18-4-3-5-19(7-6-18)24(21,22)13-9-16-17(2)10-13/h8-11H,3-7H2,1-2H3. The number of hydrogen-bond acceptors (Lipinski definition) is 5. The molecule has 0 radical (unpaired) electrons. The summed E-state index contributed by atoms with van der Waals surface area (Å²) in [6, 6.07) is 1.88. The summed E-state index contributed by atoms with van der Waals surface area (Å²) in [4.78, 5) is 15.2. The molecule has 2 aromatic rings. The van der Waals surface area contributed by atoms with Crippen molar-refractivity contribution in [3.8, 4) is 0 Å². The van der Waals surface area contributed by atoms with Gasteiger partial charge in [-0.3, -0.25) is 9.48 Å². The van der Waals surface area contributed by atoms with Gasteiger partial charge >= 0.3 is 0 Å². The smallest absolute Gasteiger partial charge is 0.263 e. The summed E-state index contributed by atoms with van der Waals surface area (Å²) in [5.74, 6) is -0.0197. The van der Waals surface area contributed by atoms with Gasteiger partial charge < -0.3 is 4.90 Å². The Morgan fingerprint density at radius 2 is 2.04 bits per heavy atom. The van der Waals surface area contributed by atoms with E-state index in [0.717, 1.165) is 5.56 Å². The van der Waals surface area contributed by atoms with E-state index in [1.54, 1.807) is 11.9 Å². The van der Waals surface area contributed by atoms with Crippen molar-refractivity contribution in [1.29, 1.82) is 0 Å². The normalized spacial score (nSPS) is 17.0. The van der Waals surface area contributed by atoms with Crippen molar-refractivity contribution in [3.63, 3.8) is 0 Å². The Bertz CT molecular complexity index is 841. The van der Waals surface area contributed by atoms with Crippen molar-refractivity contribution in [1.82, 2.24) is 19.0 Å². The fourth-order valence-corrected chi connectivity index (χ4v) is 5.04. The first-order valence-corrected chi connectivity index (χ1v) is 10.0. The molecule has 3 heterocycles. The molecule has 7 nitrogen and oxygen atoms in total. The largest absolute Gasteiger partial charge is 0.337 e. The zero-order chi connectivity index (χ0) is 17.3. The van der Waals surface area contributed by atoms with E-state index in [2.05, 4.69) is 5.10 Å². The summed E-state index contributed by atoms with van der Waals surface area (Å²) in [5.41, 5.74) is 1.07. The second-order valence-corrected chi connectivity index (χ2v) is 8.74. The van der Waals surface area contributed by atoms with Crippen LogP contribution in [-0.2, 0) is 17.1 Å². The van der Waals surface area contributed by atoms with Gasteiger partial charge in [-0.2, -0.15) is 9.40 Å². The number of thiophene rings is 1. The molecule has 24 heavy (non-hydrogen) atoms. The molecule has 1 amide bonds. The molecule has 1 aliphatic rings. The van der Waals surface area contributed by atoms with Crippen molar-refractivity contribution in [3.05, 3.63) is 34.3 Å². The second kappa shape index (κ2) is 6.66. The predicted molar refractivity (Wildman–Crippen MR) is 91.5 cm³/mol. The van der Waals surface area contributed by atoms with Crippen LogP contribution in [0.1, 0.15) is 21.7 Å². The Labute approximate surface area is 145 Å². The van der Waals surface area contributed by atoms with E-state index in [1.165, 1.54) is 32.7 Å². The number of aromatic nitrogens is 2. The number of rotatable bonds is 3. The van der Waals surface area contributed by atoms with Crippen LogP contribution >= 0.6 is 11.3 Å². The lowest BCUT2D eigenvalue weighted by Crippen LogP contribution is -2.37. The summed E-state index contributed by atoms with van der Waals surface area (Å²) in [7, 11) is -1.87. The first kappa shape index (κ1) is 17.1. The summed E-state index contributed by atoms with van der Waals surface area (Å²) in [6.45, 7) is 3.62. The Morgan fingerprint density at radius 3 is 2.67 bits per heavy atom. The lowest BCUT2D eigenvalue weighted by molar-refractivity contribution is 0.0769. The van der Waals surface area contributed by atoms with Gasteiger partial charge in [-0.25, -0.2) is 8.42 Å². The number of aryl methyl sites for hydroxylation is 2. The van der Waals surface area contributed by atoms with Gasteiger partial charge in [0.15, 0.2) is 0 Å². The molecule has 0 unspecified atom stereocenters. The molecule has 0 N–H and O–H groups in total. The van der Waals surface area contributed by atoms with Crippen LogP contribution in [0.5, 0.6) is 0 Å². The Balaban J connectivity index is 1.72. The van der Waals surface area contributed by atoms with Gasteiger partial charge in [0, 0.05) is 39.4 Å². The third-order valence-corrected chi connectivity index (χ3v) is 6.89. The number of nitrogens with zero attached hydrogens (tertiary/aromatic N) is 4. The highest BCUT2D eigenvalue weighted by molar-refractivity contribution is 7.89. The Hall–Kier alpha value is -1.71. The Kier molecular flexibility index (Phi) is 4.75. The van der Waals surface area contributed by atoms with Crippen LogP contribution in [0.2, 0.25) is 0 Å². The van der Waals surface area contributed by atoms with E-state index in [4.69, 9.17) is 0 Å². The molecular formula is C15H20N4O3S2. The van der Waals surface area contributed by atoms with Crippen molar-refractivity contribution in [2.75, 3.05) is 26.2 Å². The zero-order valence-corrected chi connectivity index (χ0v) is 15.3. The summed E-state index contributed by atoms with van der Waals surface area (Å²) in [5, 5.41) is 5.88. The van der Waals surface area contributed by atoms with Gasteiger partial charge in [-0.1, -0.05) is 0 Å². The van der Waals surface area contributed by atoms with E-state index < -0.39 is 10.0 Å². The molecule has 0 aliphatic carbocycles. The maximum atomic E-state index is 12.7. The van der Waals surface area contributed by atoms with E-state index in [9.17, 15) is 13.2 Å².